The lowest BCUT2D eigenvalue weighted by molar-refractivity contribution is 0.416. The minimum atomic E-state index is -4.92. The van der Waals surface area contributed by atoms with Crippen molar-refractivity contribution < 1.29 is 44.9 Å². The number of anilines is 4. The molecule has 12 aromatic rings. The van der Waals surface area contributed by atoms with Crippen LogP contribution >= 0.6 is 0 Å². The Morgan fingerprint density at radius 2 is 0.662 bits per heavy atom. The Hall–Kier alpha value is -10.2. The van der Waals surface area contributed by atoms with Gasteiger partial charge in [-0.1, -0.05) is 170 Å². The molecule has 0 aliphatic carbocycles. The summed E-state index contributed by atoms with van der Waals surface area (Å²) in [4.78, 5) is 17.3. The van der Waals surface area contributed by atoms with Gasteiger partial charge in [-0.15, -0.1) is 0 Å². The highest BCUT2D eigenvalue weighted by atomic mass is 32.2. The predicted octanol–water partition coefficient (Wildman–Crippen LogP) is 15.2. The van der Waals surface area contributed by atoms with Gasteiger partial charge in [0, 0.05) is 45.1 Å². The van der Waals surface area contributed by atoms with Crippen LogP contribution in [-0.4, -0.2) is 45.9 Å². The van der Waals surface area contributed by atoms with Crippen LogP contribution in [0.2, 0.25) is 0 Å². The van der Waals surface area contributed by atoms with E-state index in [9.17, 15) is 25.9 Å². The highest BCUT2D eigenvalue weighted by molar-refractivity contribution is 7.86. The number of rotatable bonds is 16. The average Bonchev–Trinajstić information content (AvgIpc) is 3.45. The van der Waals surface area contributed by atoms with E-state index in [-0.39, 0.29) is 57.9 Å². The fourth-order valence-electron chi connectivity index (χ4n) is 9.11. The first-order valence-corrected chi connectivity index (χ1v) is 27.6. The lowest BCUT2D eigenvalue weighted by atomic mass is 10.1. The topological polar surface area (TPSA) is 221 Å². The minimum absolute atomic E-state index is 0.0254. The number of hydrogen-bond donors (Lipinski definition) is 4. The third-order valence-electron chi connectivity index (χ3n) is 12.8. The van der Waals surface area contributed by atoms with Gasteiger partial charge in [-0.3, -0.25) is 9.11 Å². The maximum absolute atomic E-state index is 13.1. The molecule has 0 aliphatic rings. The van der Waals surface area contributed by atoms with E-state index in [1.54, 1.807) is 24.3 Å². The first-order chi connectivity index (χ1) is 38.8. The number of ether oxygens (including phenoxy) is 4. The van der Waals surface area contributed by atoms with Crippen LogP contribution in [0.4, 0.5) is 23.0 Å². The van der Waals surface area contributed by atoms with Gasteiger partial charge in [0.2, 0.25) is 11.8 Å². The van der Waals surface area contributed by atoms with E-state index >= 15 is 0 Å². The second-order valence-corrected chi connectivity index (χ2v) is 20.9. The Kier molecular flexibility index (Phi) is 13.5. The highest BCUT2D eigenvalue weighted by Gasteiger charge is 2.21. The van der Waals surface area contributed by atoms with E-state index in [2.05, 4.69) is 30.6 Å². The fraction of sp³-hybridized carbons (Fsp3) is 0. The Balaban J connectivity index is 0.847. The zero-order valence-electron chi connectivity index (χ0n) is 41.7. The summed E-state index contributed by atoms with van der Waals surface area (Å²) in [5, 5.41) is 13.2. The van der Waals surface area contributed by atoms with E-state index in [1.807, 2.05) is 146 Å². The smallest absolute Gasteiger partial charge is 0.327 e. The third kappa shape index (κ3) is 11.1. The van der Waals surface area contributed by atoms with Crippen molar-refractivity contribution >= 4 is 98.5 Å². The Bertz CT molecular complexity index is 4140. The molecule has 0 unspecified atom stereocenters. The lowest BCUT2D eigenvalue weighted by Crippen LogP contribution is -2.05. The molecule has 0 atom stereocenters. The number of hydrogen-bond acceptors (Lipinski definition) is 14. The molecule has 16 nitrogen and oxygen atoms in total. The van der Waals surface area contributed by atoms with Gasteiger partial charge in [-0.2, -0.15) is 36.8 Å². The van der Waals surface area contributed by atoms with Crippen molar-refractivity contribution in [3.05, 3.63) is 230 Å². The van der Waals surface area contributed by atoms with Crippen LogP contribution in [0.1, 0.15) is 11.1 Å². The summed E-state index contributed by atoms with van der Waals surface area (Å²) in [6, 6.07) is 64.2. The van der Waals surface area contributed by atoms with Gasteiger partial charge in [-0.25, -0.2) is 0 Å². The van der Waals surface area contributed by atoms with Gasteiger partial charge in [0.15, 0.2) is 0 Å². The largest absolute Gasteiger partial charge is 0.438 e. The van der Waals surface area contributed by atoms with Crippen LogP contribution in [0, 0.1) is 0 Å². The van der Waals surface area contributed by atoms with Crippen molar-refractivity contribution in [2.75, 3.05) is 10.6 Å². The predicted molar refractivity (Wildman–Crippen MR) is 308 cm³/mol. The molecule has 2 aromatic heterocycles. The molecule has 0 saturated heterocycles. The van der Waals surface area contributed by atoms with Crippen molar-refractivity contribution in [3.8, 4) is 46.8 Å². The number of aromatic nitrogens is 4. The molecule has 18 heteroatoms. The quantitative estimate of drug-likeness (QED) is 0.0522. The van der Waals surface area contributed by atoms with Crippen molar-refractivity contribution in [2.24, 2.45) is 0 Å². The van der Waals surface area contributed by atoms with Gasteiger partial charge in [0.05, 0.1) is 0 Å². The molecule has 0 amide bonds. The van der Waals surface area contributed by atoms with Crippen LogP contribution in [0.25, 0.3) is 55.2 Å². The SMILES string of the molecule is O=S(=O)(O)c1cc(Nc2cc(Oc3cccc4ccccc34)nc(Oc3cccc4ccccc34)n2)ccc1C=Cc1ccc(Nc2cc(Oc3cccc4ccccc34)nc(Oc3cccc4ccccc34)n2)cc1S(=O)(=O)O. The molecule has 0 spiro atoms. The standard InChI is InChI=1S/C62H42N6O10S2/c69-79(70,71)55-35-45(63-57-37-59(75-51-25-9-17-39-13-1-5-21-47(39)51)67-61(65-57)77-53-27-11-19-41-15-3-7-23-49(41)53)33-31-43(55)29-30-44-32-34-46(36-56(44)80(72,73)74)64-58-38-60(76-52-26-10-18-40-14-2-6-22-48(40)52)68-62(66-58)78-54-28-12-20-42-16-4-8-24-50(42)54/h1-38H,(H,63,65,67)(H,64,66,68)(H,69,70,71)(H,72,73,74). The summed E-state index contributed by atoms with van der Waals surface area (Å²) in [6.07, 6.45) is 2.58. The van der Waals surface area contributed by atoms with Crippen molar-refractivity contribution in [1.29, 1.82) is 0 Å². The van der Waals surface area contributed by atoms with Gasteiger partial charge in [0.25, 0.3) is 20.2 Å². The van der Waals surface area contributed by atoms with Crippen molar-refractivity contribution in [1.82, 2.24) is 19.9 Å². The van der Waals surface area contributed by atoms with Crippen LogP contribution in [0.3, 0.4) is 0 Å². The highest BCUT2D eigenvalue weighted by Crippen LogP contribution is 2.37. The van der Waals surface area contributed by atoms with Gasteiger partial charge in [0.1, 0.15) is 44.4 Å². The Labute approximate surface area is 457 Å². The summed E-state index contributed by atoms with van der Waals surface area (Å²) in [6.45, 7) is 0. The monoisotopic (exact) mass is 1090 g/mol. The normalized spacial score (nSPS) is 11.8. The molecule has 80 heavy (non-hydrogen) atoms. The van der Waals surface area contributed by atoms with Gasteiger partial charge >= 0.3 is 12.0 Å². The minimum Gasteiger partial charge on any atom is -0.438 e. The van der Waals surface area contributed by atoms with Crippen molar-refractivity contribution in [2.45, 2.75) is 9.79 Å². The summed E-state index contributed by atoms with van der Waals surface area (Å²) >= 11 is 0. The first-order valence-electron chi connectivity index (χ1n) is 24.7. The van der Waals surface area contributed by atoms with E-state index in [1.165, 1.54) is 60.7 Å². The average molecular weight is 1100 g/mol. The third-order valence-corrected chi connectivity index (χ3v) is 14.6. The molecule has 2 heterocycles. The Morgan fingerprint density at radius 1 is 0.350 bits per heavy atom. The molecule has 0 bridgehead atoms. The van der Waals surface area contributed by atoms with Gasteiger partial charge in [-0.05, 0) is 81.2 Å². The van der Waals surface area contributed by atoms with Crippen molar-refractivity contribution in [3.63, 3.8) is 0 Å². The van der Waals surface area contributed by atoms with Crippen LogP contribution in [-0.2, 0) is 20.2 Å². The second-order valence-electron chi connectivity index (χ2n) is 18.1. The molecular weight excluding hydrogens is 1050 g/mol. The van der Waals surface area contributed by atoms with Crippen LogP contribution in [0.5, 0.6) is 46.8 Å². The summed E-state index contributed by atoms with van der Waals surface area (Å²) in [5.41, 5.74) is 0.303. The molecule has 10 aromatic carbocycles. The van der Waals surface area contributed by atoms with E-state index in [0.29, 0.717) is 23.0 Å². The van der Waals surface area contributed by atoms with Gasteiger partial charge < -0.3 is 29.6 Å². The Morgan fingerprint density at radius 3 is 1.00 bits per heavy atom. The molecule has 4 N–H and O–H groups in total. The fourth-order valence-corrected chi connectivity index (χ4v) is 10.5. The molecule has 0 radical (unpaired) electrons. The van der Waals surface area contributed by atoms with E-state index < -0.39 is 30.0 Å². The molecule has 12 rings (SSSR count). The van der Waals surface area contributed by atoms with Crippen LogP contribution in [0.15, 0.2) is 228 Å². The second kappa shape index (κ2) is 21.3. The number of nitrogens with zero attached hydrogens (tertiary/aromatic N) is 4. The number of benzene rings is 10. The van der Waals surface area contributed by atoms with E-state index in [4.69, 9.17) is 18.9 Å². The zero-order valence-corrected chi connectivity index (χ0v) is 43.3. The lowest BCUT2D eigenvalue weighted by Gasteiger charge is -2.14. The summed E-state index contributed by atoms with van der Waals surface area (Å²) in [7, 11) is -9.85. The maximum atomic E-state index is 13.1. The molecule has 0 fully saturated rings. The first kappa shape index (κ1) is 50.6. The number of fused-ring (bicyclic) bond motifs is 4. The van der Waals surface area contributed by atoms with E-state index in [0.717, 1.165) is 43.1 Å². The summed E-state index contributed by atoms with van der Waals surface area (Å²) < 4.78 is 98.7. The maximum Gasteiger partial charge on any atom is 0.327 e. The zero-order chi connectivity index (χ0) is 54.8. The number of nitrogens with one attached hydrogen (secondary N) is 2. The molecule has 392 valence electrons. The molecule has 0 aliphatic heterocycles. The van der Waals surface area contributed by atoms with Crippen LogP contribution < -0.4 is 29.6 Å². The summed E-state index contributed by atoms with van der Waals surface area (Å²) in [5.74, 6) is 2.46. The molecular formula is C62H42N6O10S2. The molecule has 0 saturated carbocycles.